The third-order valence-electron chi connectivity index (χ3n) is 1.82. The first-order valence-corrected chi connectivity index (χ1v) is 5.16. The van der Waals surface area contributed by atoms with Crippen LogP contribution >= 0.6 is 0 Å². The van der Waals surface area contributed by atoms with Crippen LogP contribution in [-0.4, -0.2) is 34.7 Å². The SMILES string of the molecule is CC(C)NC(=O)CCNC(=O)c1nonc1N. The van der Waals surface area contributed by atoms with Crippen LogP contribution in [0.2, 0.25) is 0 Å². The molecule has 1 aromatic heterocycles. The lowest BCUT2D eigenvalue weighted by Crippen LogP contribution is -2.34. The summed E-state index contributed by atoms with van der Waals surface area (Å²) in [5.74, 6) is -0.721. The first-order valence-electron chi connectivity index (χ1n) is 5.16. The zero-order valence-electron chi connectivity index (χ0n) is 9.69. The van der Waals surface area contributed by atoms with Crippen LogP contribution in [0.1, 0.15) is 30.8 Å². The highest BCUT2D eigenvalue weighted by Gasteiger charge is 2.15. The second kappa shape index (κ2) is 5.83. The molecule has 8 nitrogen and oxygen atoms in total. The molecule has 94 valence electrons. The lowest BCUT2D eigenvalue weighted by Gasteiger charge is -2.08. The number of amides is 2. The molecule has 4 N–H and O–H groups in total. The number of nitrogens with one attached hydrogen (secondary N) is 2. The summed E-state index contributed by atoms with van der Waals surface area (Å²) in [5, 5.41) is 11.8. The standard InChI is InChI=1S/C9H15N5O3/c1-5(2)12-6(15)3-4-11-9(16)7-8(10)14-17-13-7/h5H,3-4H2,1-2H3,(H2,10,14)(H,11,16)(H,12,15). The van der Waals surface area contributed by atoms with Crippen molar-refractivity contribution >= 4 is 17.6 Å². The molecule has 17 heavy (non-hydrogen) atoms. The first-order chi connectivity index (χ1) is 8.00. The van der Waals surface area contributed by atoms with E-state index in [2.05, 4.69) is 25.6 Å². The summed E-state index contributed by atoms with van der Waals surface area (Å²) in [7, 11) is 0. The smallest absolute Gasteiger partial charge is 0.277 e. The quantitative estimate of drug-likeness (QED) is 0.626. The molecule has 0 saturated carbocycles. The lowest BCUT2D eigenvalue weighted by atomic mass is 10.3. The summed E-state index contributed by atoms with van der Waals surface area (Å²) < 4.78 is 4.28. The van der Waals surface area contributed by atoms with E-state index in [1.54, 1.807) is 0 Å². The van der Waals surface area contributed by atoms with Gasteiger partial charge in [0.05, 0.1) is 0 Å². The van der Waals surface area contributed by atoms with Gasteiger partial charge in [-0.2, -0.15) is 0 Å². The number of nitrogens with two attached hydrogens (primary N) is 1. The van der Waals surface area contributed by atoms with E-state index in [1.165, 1.54) is 0 Å². The Morgan fingerprint density at radius 1 is 1.41 bits per heavy atom. The molecule has 0 aliphatic carbocycles. The van der Waals surface area contributed by atoms with Crippen LogP contribution in [0.15, 0.2) is 4.63 Å². The predicted molar refractivity (Wildman–Crippen MR) is 58.9 cm³/mol. The summed E-state index contributed by atoms with van der Waals surface area (Å²) in [4.78, 5) is 22.7. The number of carbonyl (C=O) groups is 2. The van der Waals surface area contributed by atoms with Crippen LogP contribution in [-0.2, 0) is 4.79 Å². The number of anilines is 1. The van der Waals surface area contributed by atoms with Gasteiger partial charge in [-0.15, -0.1) is 0 Å². The van der Waals surface area contributed by atoms with Crippen molar-refractivity contribution in [3.05, 3.63) is 5.69 Å². The van der Waals surface area contributed by atoms with Crippen molar-refractivity contribution in [3.63, 3.8) is 0 Å². The summed E-state index contributed by atoms with van der Waals surface area (Å²) in [6, 6.07) is 0.0774. The van der Waals surface area contributed by atoms with Gasteiger partial charge in [0.1, 0.15) is 0 Å². The normalized spacial score (nSPS) is 10.3. The van der Waals surface area contributed by atoms with E-state index in [9.17, 15) is 9.59 Å². The zero-order chi connectivity index (χ0) is 12.8. The van der Waals surface area contributed by atoms with Gasteiger partial charge in [0.15, 0.2) is 0 Å². The maximum Gasteiger partial charge on any atom is 0.277 e. The average molecular weight is 241 g/mol. The van der Waals surface area contributed by atoms with E-state index in [0.717, 1.165) is 0 Å². The lowest BCUT2D eigenvalue weighted by molar-refractivity contribution is -0.121. The van der Waals surface area contributed by atoms with Gasteiger partial charge in [0, 0.05) is 19.0 Å². The molecule has 2 amide bonds. The first kappa shape index (κ1) is 12.9. The maximum absolute atomic E-state index is 11.4. The zero-order valence-corrected chi connectivity index (χ0v) is 9.69. The van der Waals surface area contributed by atoms with Gasteiger partial charge in [-0.1, -0.05) is 0 Å². The van der Waals surface area contributed by atoms with Crippen molar-refractivity contribution in [2.24, 2.45) is 0 Å². The highest BCUT2D eigenvalue weighted by atomic mass is 16.6. The van der Waals surface area contributed by atoms with Gasteiger partial charge >= 0.3 is 0 Å². The molecule has 0 aliphatic rings. The van der Waals surface area contributed by atoms with Gasteiger partial charge < -0.3 is 16.4 Å². The molecular formula is C9H15N5O3. The molecule has 0 saturated heterocycles. The topological polar surface area (TPSA) is 123 Å². The fourth-order valence-electron chi connectivity index (χ4n) is 1.12. The minimum absolute atomic E-state index is 0.0748. The molecule has 0 unspecified atom stereocenters. The molecular weight excluding hydrogens is 226 g/mol. The third kappa shape index (κ3) is 4.09. The van der Waals surface area contributed by atoms with Crippen LogP contribution in [0, 0.1) is 0 Å². The Labute approximate surface area is 97.9 Å². The van der Waals surface area contributed by atoms with Crippen LogP contribution in [0.25, 0.3) is 0 Å². The summed E-state index contributed by atoms with van der Waals surface area (Å²) in [6.45, 7) is 3.92. The molecule has 8 heteroatoms. The number of rotatable bonds is 5. The van der Waals surface area contributed by atoms with Crippen molar-refractivity contribution in [3.8, 4) is 0 Å². The summed E-state index contributed by atoms with van der Waals surface area (Å²) >= 11 is 0. The van der Waals surface area contributed by atoms with E-state index in [-0.39, 0.29) is 36.4 Å². The van der Waals surface area contributed by atoms with Gasteiger partial charge in [-0.05, 0) is 24.2 Å². The van der Waals surface area contributed by atoms with Crippen LogP contribution in [0.4, 0.5) is 5.82 Å². The second-order valence-corrected chi connectivity index (χ2v) is 3.73. The van der Waals surface area contributed by atoms with Gasteiger partial charge in [-0.3, -0.25) is 9.59 Å². The molecule has 0 spiro atoms. The highest BCUT2D eigenvalue weighted by molar-refractivity contribution is 5.96. The largest absolute Gasteiger partial charge is 0.379 e. The number of hydrogen-bond acceptors (Lipinski definition) is 6. The number of aromatic nitrogens is 2. The molecule has 0 atom stereocenters. The Morgan fingerprint density at radius 2 is 2.12 bits per heavy atom. The van der Waals surface area contributed by atoms with Crippen molar-refractivity contribution in [2.45, 2.75) is 26.3 Å². The van der Waals surface area contributed by atoms with Crippen LogP contribution in [0.3, 0.4) is 0 Å². The molecule has 0 bridgehead atoms. The van der Waals surface area contributed by atoms with Gasteiger partial charge in [0.2, 0.25) is 17.4 Å². The number of hydrogen-bond donors (Lipinski definition) is 3. The minimum atomic E-state index is -0.513. The van der Waals surface area contributed by atoms with Crippen LogP contribution < -0.4 is 16.4 Å². The Kier molecular flexibility index (Phi) is 4.44. The monoisotopic (exact) mass is 241 g/mol. The van der Waals surface area contributed by atoms with Crippen LogP contribution in [0.5, 0.6) is 0 Å². The van der Waals surface area contributed by atoms with Gasteiger partial charge in [0.25, 0.3) is 5.91 Å². The molecule has 1 heterocycles. The van der Waals surface area contributed by atoms with Gasteiger partial charge in [-0.25, -0.2) is 4.63 Å². The fourth-order valence-corrected chi connectivity index (χ4v) is 1.12. The third-order valence-corrected chi connectivity index (χ3v) is 1.82. The number of nitrogens with zero attached hydrogens (tertiary/aromatic N) is 2. The Balaban J connectivity index is 2.30. The second-order valence-electron chi connectivity index (χ2n) is 3.73. The highest BCUT2D eigenvalue weighted by Crippen LogP contribution is 2.02. The number of carbonyl (C=O) groups excluding carboxylic acids is 2. The molecule has 1 rings (SSSR count). The number of nitrogen functional groups attached to an aromatic ring is 1. The molecule has 0 fully saturated rings. The van der Waals surface area contributed by atoms with E-state index in [0.29, 0.717) is 0 Å². The molecule has 0 aromatic carbocycles. The minimum Gasteiger partial charge on any atom is -0.379 e. The fraction of sp³-hybridized carbons (Fsp3) is 0.556. The van der Waals surface area contributed by atoms with E-state index >= 15 is 0 Å². The molecule has 1 aromatic rings. The Morgan fingerprint density at radius 3 is 2.65 bits per heavy atom. The maximum atomic E-state index is 11.4. The Bertz CT molecular complexity index is 401. The van der Waals surface area contributed by atoms with E-state index in [4.69, 9.17) is 5.73 Å². The predicted octanol–water partition coefficient (Wildman–Crippen LogP) is -0.704. The van der Waals surface area contributed by atoms with Crippen molar-refractivity contribution in [1.29, 1.82) is 0 Å². The Hall–Kier alpha value is -2.12. The van der Waals surface area contributed by atoms with Crippen molar-refractivity contribution in [2.75, 3.05) is 12.3 Å². The molecule has 0 aliphatic heterocycles. The summed E-state index contributed by atoms with van der Waals surface area (Å²) in [5.41, 5.74) is 5.26. The van der Waals surface area contributed by atoms with Crippen molar-refractivity contribution < 1.29 is 14.2 Å². The summed E-state index contributed by atoms with van der Waals surface area (Å²) in [6.07, 6.45) is 0.190. The average Bonchev–Trinajstić information content (AvgIpc) is 2.63. The van der Waals surface area contributed by atoms with Crippen molar-refractivity contribution in [1.82, 2.24) is 20.9 Å². The molecule has 0 radical (unpaired) electrons. The van der Waals surface area contributed by atoms with E-state index < -0.39 is 5.91 Å². The van der Waals surface area contributed by atoms with E-state index in [1.807, 2.05) is 13.8 Å².